The molecule has 0 radical (unpaired) electrons. The van der Waals surface area contributed by atoms with Crippen LogP contribution in [0.3, 0.4) is 0 Å². The van der Waals surface area contributed by atoms with E-state index < -0.39 is 0 Å². The van der Waals surface area contributed by atoms with E-state index in [-0.39, 0.29) is 43.0 Å². The van der Waals surface area contributed by atoms with Gasteiger partial charge in [0, 0.05) is 49.1 Å². The number of amides is 3. The van der Waals surface area contributed by atoms with Gasteiger partial charge in [0.15, 0.2) is 23.0 Å². The molecule has 0 saturated heterocycles. The summed E-state index contributed by atoms with van der Waals surface area (Å²) in [4.78, 5) is 51.3. The molecule has 4 aromatic rings. The molecule has 1 N–H and O–H groups in total. The minimum Gasteiger partial charge on any atom is -0.493 e. The zero-order valence-electron chi connectivity index (χ0n) is 43.3. The van der Waals surface area contributed by atoms with Gasteiger partial charge in [-0.15, -0.1) is 5.10 Å². The Hall–Kier alpha value is -6.28. The van der Waals surface area contributed by atoms with Crippen LogP contribution in [-0.2, 0) is 53.0 Å². The van der Waals surface area contributed by atoms with Crippen molar-refractivity contribution in [2.45, 2.75) is 58.5 Å². The summed E-state index contributed by atoms with van der Waals surface area (Å²) in [5, 5.41) is 11.6. The van der Waals surface area contributed by atoms with Crippen molar-refractivity contribution in [3.63, 3.8) is 0 Å². The quantitative estimate of drug-likeness (QED) is 0.0326. The first-order valence-electron chi connectivity index (χ1n) is 25.2. The summed E-state index contributed by atoms with van der Waals surface area (Å²) in [5.74, 6) is 1.35. The van der Waals surface area contributed by atoms with Gasteiger partial charge in [0.1, 0.15) is 18.9 Å². The van der Waals surface area contributed by atoms with E-state index in [0.717, 1.165) is 40.7 Å². The molecule has 3 amide bonds. The van der Waals surface area contributed by atoms with Gasteiger partial charge in [-0.05, 0) is 68.1 Å². The average Bonchev–Trinajstić information content (AvgIpc) is 4.14. The number of methoxy groups -OCH3 is 2. The number of benzene rings is 3. The summed E-state index contributed by atoms with van der Waals surface area (Å²) >= 11 is 2.01. The SMILES string of the molecule is COc1cc2c(cc1OCc1cc(COc3cc4c(cc3OC)C(=O)N3C=C(C)C[C@H]3C=N4)cc(-c3cn(CCOCCOCCOCCOCCOCCOCCNC(=O)CI)nn3)c1)N=C[C@@H]1CC(C)=CN1C2=O. The Morgan fingerprint density at radius 2 is 1.08 bits per heavy atom. The first kappa shape index (κ1) is 55.9. The maximum atomic E-state index is 13.6. The highest BCUT2D eigenvalue weighted by Gasteiger charge is 2.33. The lowest BCUT2D eigenvalue weighted by Crippen LogP contribution is -2.32. The molecule has 1 aromatic heterocycles. The number of alkyl halides is 1. The number of hydrogen-bond donors (Lipinski definition) is 1. The number of carbonyl (C=O) groups is 3. The lowest BCUT2D eigenvalue weighted by Gasteiger charge is -2.19. The number of ether oxygens (including phenoxy) is 10. The summed E-state index contributed by atoms with van der Waals surface area (Å²) in [6.07, 6.45) is 10.7. The van der Waals surface area contributed by atoms with E-state index in [1.165, 1.54) is 14.2 Å². The van der Waals surface area contributed by atoms with Crippen molar-refractivity contribution in [1.82, 2.24) is 30.1 Å². The van der Waals surface area contributed by atoms with Crippen LogP contribution in [0.2, 0.25) is 0 Å². The van der Waals surface area contributed by atoms with Crippen LogP contribution in [0.5, 0.6) is 23.0 Å². The molecule has 0 saturated carbocycles. The fourth-order valence-electron chi connectivity index (χ4n) is 8.71. The van der Waals surface area contributed by atoms with Crippen LogP contribution in [0.4, 0.5) is 11.4 Å². The van der Waals surface area contributed by atoms with Crippen LogP contribution in [0.15, 0.2) is 82.2 Å². The summed E-state index contributed by atoms with van der Waals surface area (Å²) in [6.45, 7) is 10.5. The van der Waals surface area contributed by atoms with E-state index in [1.807, 2.05) is 73.2 Å². The number of rotatable bonds is 31. The lowest BCUT2D eigenvalue weighted by molar-refractivity contribution is -0.118. The molecular weight excluding hydrogens is 1100 g/mol. The summed E-state index contributed by atoms with van der Waals surface area (Å²) in [6, 6.07) is 12.5. The fraction of sp³-hybridized carbons (Fsp3) is 0.463. The first-order valence-corrected chi connectivity index (χ1v) is 26.7. The molecule has 0 unspecified atom stereocenters. The Balaban J connectivity index is 0.832. The number of carbonyl (C=O) groups excluding carboxylic acids is 3. The fourth-order valence-corrected chi connectivity index (χ4v) is 8.98. The topological polar surface area (TPSA) is 217 Å². The van der Waals surface area contributed by atoms with E-state index in [4.69, 9.17) is 57.4 Å². The van der Waals surface area contributed by atoms with Gasteiger partial charge in [-0.3, -0.25) is 24.4 Å². The highest BCUT2D eigenvalue weighted by Crippen LogP contribution is 2.41. The monoisotopic (exact) mass is 1160 g/mol. The molecule has 0 spiro atoms. The number of nitrogens with zero attached hydrogens (tertiary/aromatic N) is 7. The minimum absolute atomic E-state index is 0.00281. The third kappa shape index (κ3) is 15.2. The maximum absolute atomic E-state index is 13.6. The molecule has 0 bridgehead atoms. The number of hydrogen-bond acceptors (Lipinski definition) is 17. The van der Waals surface area contributed by atoms with Gasteiger partial charge >= 0.3 is 0 Å². The maximum Gasteiger partial charge on any atom is 0.260 e. The molecule has 0 aliphatic carbocycles. The molecule has 2 atom stereocenters. The molecule has 4 aliphatic rings. The normalized spacial score (nSPS) is 16.4. The smallest absolute Gasteiger partial charge is 0.260 e. The van der Waals surface area contributed by atoms with Gasteiger partial charge in [0.2, 0.25) is 5.91 Å². The van der Waals surface area contributed by atoms with Gasteiger partial charge < -0.3 is 62.5 Å². The van der Waals surface area contributed by atoms with Crippen molar-refractivity contribution < 1.29 is 61.8 Å². The molecule has 406 valence electrons. The zero-order valence-corrected chi connectivity index (χ0v) is 45.5. The van der Waals surface area contributed by atoms with Crippen LogP contribution in [-0.4, -0.2) is 172 Å². The average molecular weight is 1160 g/mol. The summed E-state index contributed by atoms with van der Waals surface area (Å²) in [7, 11) is 3.08. The summed E-state index contributed by atoms with van der Waals surface area (Å²) in [5.41, 5.74) is 7.07. The van der Waals surface area contributed by atoms with Crippen molar-refractivity contribution in [2.75, 3.05) is 104 Å². The van der Waals surface area contributed by atoms with Gasteiger partial charge in [-0.1, -0.05) is 39.0 Å². The molecular formula is C54H65IN8O13. The van der Waals surface area contributed by atoms with Crippen molar-refractivity contribution in [3.05, 3.63) is 94.5 Å². The minimum atomic E-state index is -0.149. The van der Waals surface area contributed by atoms with Gasteiger partial charge in [0.05, 0.1) is 145 Å². The van der Waals surface area contributed by atoms with E-state index in [9.17, 15) is 14.4 Å². The van der Waals surface area contributed by atoms with E-state index in [1.54, 1.807) is 51.2 Å². The van der Waals surface area contributed by atoms with Crippen LogP contribution < -0.4 is 24.3 Å². The van der Waals surface area contributed by atoms with Crippen LogP contribution in [0, 0.1) is 0 Å². The third-order valence-electron chi connectivity index (χ3n) is 12.5. The second kappa shape index (κ2) is 28.2. The predicted molar refractivity (Wildman–Crippen MR) is 290 cm³/mol. The predicted octanol–water partition coefficient (Wildman–Crippen LogP) is 6.44. The highest BCUT2D eigenvalue weighted by atomic mass is 127. The lowest BCUT2D eigenvalue weighted by atomic mass is 10.0. The number of fused-ring (bicyclic) bond motifs is 4. The van der Waals surface area contributed by atoms with Crippen molar-refractivity contribution in [1.29, 1.82) is 0 Å². The van der Waals surface area contributed by atoms with E-state index >= 15 is 0 Å². The highest BCUT2D eigenvalue weighted by molar-refractivity contribution is 14.1. The van der Waals surface area contributed by atoms with E-state index in [0.29, 0.717) is 148 Å². The number of halogens is 1. The van der Waals surface area contributed by atoms with Crippen LogP contribution in [0.25, 0.3) is 11.3 Å². The molecule has 21 nitrogen and oxygen atoms in total. The Labute approximate surface area is 455 Å². The van der Waals surface area contributed by atoms with Crippen LogP contribution >= 0.6 is 22.6 Å². The molecule has 0 fully saturated rings. The number of nitrogens with one attached hydrogen (secondary N) is 1. The standard InChI is InChI=1S/C54H65IN8O13/c1-36-19-41-29-57-45-26-50(48(67-3)24-43(45)53(65)62(41)31-36)75-34-38-21-39(35-76-51-27-46-44(25-49(51)68-4)54(66)63-32-37(2)20-42(63)30-58-46)23-40(22-38)47-33-61(60-59-47)6-8-70-10-12-72-14-16-74-18-17-73-15-13-71-11-9-69-7-5-56-52(64)28-55/h21-27,29-33,41-42H,5-20,28,34-35H2,1-4H3,(H,56,64)/t41-,42-/m0/s1. The Morgan fingerprint density at radius 3 is 1.54 bits per heavy atom. The molecule has 5 heterocycles. The Kier molecular flexibility index (Phi) is 20.8. The molecule has 22 heteroatoms. The molecule has 76 heavy (non-hydrogen) atoms. The number of aromatic nitrogens is 3. The largest absolute Gasteiger partial charge is 0.493 e. The number of aliphatic imine (C=N–C) groups is 2. The van der Waals surface area contributed by atoms with E-state index in [2.05, 4.69) is 15.6 Å². The van der Waals surface area contributed by atoms with Gasteiger partial charge in [0.25, 0.3) is 11.8 Å². The van der Waals surface area contributed by atoms with Crippen molar-refractivity contribution in [2.24, 2.45) is 9.98 Å². The third-order valence-corrected chi connectivity index (χ3v) is 13.1. The molecule has 4 aliphatic heterocycles. The van der Waals surface area contributed by atoms with Gasteiger partial charge in [-0.25, -0.2) is 4.68 Å². The Morgan fingerprint density at radius 1 is 0.618 bits per heavy atom. The molecule has 3 aromatic carbocycles. The second-order valence-corrected chi connectivity index (χ2v) is 18.9. The molecule has 8 rings (SSSR count). The van der Waals surface area contributed by atoms with Crippen molar-refractivity contribution >= 4 is 64.1 Å². The van der Waals surface area contributed by atoms with Crippen molar-refractivity contribution in [3.8, 4) is 34.3 Å². The summed E-state index contributed by atoms with van der Waals surface area (Å²) < 4.78 is 60.0. The Bertz CT molecular complexity index is 2650. The van der Waals surface area contributed by atoms with Gasteiger partial charge in [-0.2, -0.15) is 0 Å². The second-order valence-electron chi connectivity index (χ2n) is 18.2. The zero-order chi connectivity index (χ0) is 53.2. The van der Waals surface area contributed by atoms with Crippen LogP contribution in [0.1, 0.15) is 58.5 Å². The first-order chi connectivity index (χ1) is 37.1.